The molecule has 0 bridgehead atoms. The Morgan fingerprint density at radius 2 is 2.12 bits per heavy atom. The molecule has 4 heterocycles. The van der Waals surface area contributed by atoms with E-state index in [0.717, 1.165) is 16.9 Å². The van der Waals surface area contributed by atoms with Gasteiger partial charge in [0.25, 0.3) is 11.8 Å². The lowest BCUT2D eigenvalue weighted by Crippen LogP contribution is -2.71. The smallest absolute Gasteiger partial charge is 0.355 e. The largest absolute Gasteiger partial charge is 0.463 e. The minimum Gasteiger partial charge on any atom is -0.463 e. The molecule has 0 saturated carbocycles. The van der Waals surface area contributed by atoms with Crippen LogP contribution in [0.2, 0.25) is 0 Å². The van der Waals surface area contributed by atoms with Crippen molar-refractivity contribution in [1.29, 1.82) is 0 Å². The van der Waals surface area contributed by atoms with Crippen LogP contribution in [-0.4, -0.2) is 79.9 Å². The van der Waals surface area contributed by atoms with Gasteiger partial charge in [-0.3, -0.25) is 19.5 Å². The number of carbonyl (C=O) groups is 4. The molecular weight excluding hydrogens is 572 g/mol. The summed E-state index contributed by atoms with van der Waals surface area (Å²) < 4.78 is 10.4. The first kappa shape index (κ1) is 29.5. The highest BCUT2D eigenvalue weighted by atomic mass is 32.2. The average molecular weight is 599 g/mol. The number of rotatable bonds is 10. The number of hydrogen-bond acceptors (Lipinski definition) is 13. The Morgan fingerprint density at radius 3 is 2.76 bits per heavy atom. The number of allylic oxidation sites excluding steroid dienone is 2. The molecule has 2 aromatic heterocycles. The zero-order chi connectivity index (χ0) is 29.5. The Balaban J connectivity index is 1.57. The number of nitrogens with two attached hydrogens (primary N) is 1. The van der Waals surface area contributed by atoms with E-state index in [0.29, 0.717) is 11.3 Å². The van der Waals surface area contributed by atoms with Gasteiger partial charge in [-0.1, -0.05) is 29.5 Å². The minimum absolute atomic E-state index is 0.00738. The number of pyridine rings is 1. The number of nitrogens with zero attached hydrogens (tertiary/aromatic N) is 4. The fourth-order valence-corrected chi connectivity index (χ4v) is 5.81. The number of aromatic nitrogens is 2. The van der Waals surface area contributed by atoms with Gasteiger partial charge in [-0.25, -0.2) is 14.6 Å². The SMILES string of the molecule is C/C=C(\COC(=O)C1=C(/C=C\c2cccnc2)CS[C@@H]2[C@H](NC(=O)C(=NO)c3csc(N)n3)C(=O)N12)C(=O)OCC. The van der Waals surface area contributed by atoms with E-state index in [2.05, 4.69) is 20.4 Å². The Kier molecular flexibility index (Phi) is 9.52. The Labute approximate surface area is 242 Å². The van der Waals surface area contributed by atoms with E-state index in [9.17, 15) is 24.4 Å². The Hall–Kier alpha value is -4.50. The molecule has 41 heavy (non-hydrogen) atoms. The van der Waals surface area contributed by atoms with E-state index in [1.54, 1.807) is 44.5 Å². The van der Waals surface area contributed by atoms with Crippen LogP contribution in [-0.2, 0) is 28.7 Å². The molecule has 2 amide bonds. The summed E-state index contributed by atoms with van der Waals surface area (Å²) in [4.78, 5) is 60.9. The molecule has 214 valence electrons. The predicted molar refractivity (Wildman–Crippen MR) is 152 cm³/mol. The summed E-state index contributed by atoms with van der Waals surface area (Å²) in [6, 6.07) is 2.58. The minimum atomic E-state index is -1.02. The first-order valence-electron chi connectivity index (χ1n) is 12.3. The molecule has 2 aliphatic rings. The number of ether oxygens (including phenoxy) is 2. The number of esters is 2. The quantitative estimate of drug-likeness (QED) is 0.0903. The summed E-state index contributed by atoms with van der Waals surface area (Å²) in [7, 11) is 0. The molecule has 1 fully saturated rings. The number of hydrogen-bond donors (Lipinski definition) is 3. The lowest BCUT2D eigenvalue weighted by molar-refractivity contribution is -0.152. The van der Waals surface area contributed by atoms with Crippen LogP contribution in [0.4, 0.5) is 5.13 Å². The van der Waals surface area contributed by atoms with Gasteiger partial charge >= 0.3 is 11.9 Å². The fraction of sp³-hybridized carbons (Fsp3) is 0.269. The van der Waals surface area contributed by atoms with E-state index in [1.807, 2.05) is 6.07 Å². The first-order chi connectivity index (χ1) is 19.8. The zero-order valence-electron chi connectivity index (χ0n) is 22.0. The Morgan fingerprint density at radius 1 is 1.32 bits per heavy atom. The van der Waals surface area contributed by atoms with Crippen molar-refractivity contribution >= 4 is 63.8 Å². The monoisotopic (exact) mass is 598 g/mol. The highest BCUT2D eigenvalue weighted by Crippen LogP contribution is 2.41. The van der Waals surface area contributed by atoms with Crippen LogP contribution in [0, 0.1) is 0 Å². The van der Waals surface area contributed by atoms with Crippen LogP contribution in [0.15, 0.2) is 64.1 Å². The molecule has 0 aromatic carbocycles. The summed E-state index contributed by atoms with van der Waals surface area (Å²) in [5, 5.41) is 15.9. The van der Waals surface area contributed by atoms with Crippen LogP contribution in [0.5, 0.6) is 0 Å². The maximum Gasteiger partial charge on any atom is 0.355 e. The normalized spacial score (nSPS) is 19.1. The molecule has 1 saturated heterocycles. The third kappa shape index (κ3) is 6.47. The zero-order valence-corrected chi connectivity index (χ0v) is 23.6. The molecule has 4 N–H and O–H groups in total. The number of anilines is 1. The van der Waals surface area contributed by atoms with Crippen molar-refractivity contribution in [2.24, 2.45) is 5.16 Å². The maximum atomic E-state index is 13.4. The van der Waals surface area contributed by atoms with Crippen molar-refractivity contribution in [2.75, 3.05) is 24.7 Å². The standard InChI is InChI=1S/C26H26N6O7S2/c1-3-15(24(35)38-4-2)11-39-25(36)20-16(8-7-14-6-5-9-28-10-14)12-40-23-19(22(34)32(20)23)30-21(33)18(31-37)17-13-41-26(27)29-17/h3,5-10,13,19,23,37H,4,11-12H2,1-2H3,(H2,27,29)(H,30,33)/b8-7-,15-3+,31-18?/t19-,23-/m1/s1. The lowest BCUT2D eigenvalue weighted by atomic mass is 10.0. The predicted octanol–water partition coefficient (Wildman–Crippen LogP) is 1.72. The van der Waals surface area contributed by atoms with Gasteiger partial charge in [0, 0.05) is 23.5 Å². The van der Waals surface area contributed by atoms with Gasteiger partial charge in [0.1, 0.15) is 29.4 Å². The van der Waals surface area contributed by atoms with Crippen molar-refractivity contribution in [3.05, 3.63) is 70.2 Å². The number of fused-ring (bicyclic) bond motifs is 1. The lowest BCUT2D eigenvalue weighted by Gasteiger charge is -2.49. The van der Waals surface area contributed by atoms with Crippen LogP contribution >= 0.6 is 23.1 Å². The fourth-order valence-electron chi connectivity index (χ4n) is 3.95. The van der Waals surface area contributed by atoms with Crippen molar-refractivity contribution in [1.82, 2.24) is 20.2 Å². The van der Waals surface area contributed by atoms with Crippen molar-refractivity contribution in [3.63, 3.8) is 0 Å². The molecule has 2 aliphatic heterocycles. The second-order valence-electron chi connectivity index (χ2n) is 8.48. The second kappa shape index (κ2) is 13.2. The van der Waals surface area contributed by atoms with Crippen molar-refractivity contribution in [2.45, 2.75) is 25.3 Å². The van der Waals surface area contributed by atoms with Crippen LogP contribution in [0.1, 0.15) is 25.1 Å². The van der Waals surface area contributed by atoms with Gasteiger partial charge in [0.2, 0.25) is 0 Å². The molecule has 13 nitrogen and oxygen atoms in total. The molecule has 0 radical (unpaired) electrons. The summed E-state index contributed by atoms with van der Waals surface area (Å²) in [5.74, 6) is -2.53. The van der Waals surface area contributed by atoms with E-state index < -0.39 is 40.9 Å². The molecular formula is C26H26N6O7S2. The van der Waals surface area contributed by atoms with E-state index in [-0.39, 0.29) is 35.3 Å². The molecule has 2 atom stereocenters. The van der Waals surface area contributed by atoms with Gasteiger partial charge in [-0.15, -0.1) is 23.1 Å². The molecule has 0 unspecified atom stereocenters. The number of nitrogens with one attached hydrogen (secondary N) is 1. The van der Waals surface area contributed by atoms with Gasteiger partial charge in [0.05, 0.1) is 12.2 Å². The number of thioether (sulfide) groups is 1. The first-order valence-corrected chi connectivity index (χ1v) is 14.2. The van der Waals surface area contributed by atoms with E-state index >= 15 is 0 Å². The number of thiazole rings is 1. The van der Waals surface area contributed by atoms with Gasteiger partial charge in [0.15, 0.2) is 10.8 Å². The maximum absolute atomic E-state index is 13.4. The molecule has 2 aromatic rings. The summed E-state index contributed by atoms with van der Waals surface area (Å²) in [6.07, 6.45) is 8.20. The van der Waals surface area contributed by atoms with Gasteiger partial charge in [-0.05, 0) is 31.1 Å². The van der Waals surface area contributed by atoms with Gasteiger partial charge < -0.3 is 25.7 Å². The number of amides is 2. The summed E-state index contributed by atoms with van der Waals surface area (Å²) in [5.41, 5.74) is 6.68. The summed E-state index contributed by atoms with van der Waals surface area (Å²) >= 11 is 2.38. The topological polar surface area (TPSA) is 186 Å². The van der Waals surface area contributed by atoms with E-state index in [1.165, 1.54) is 28.1 Å². The Bertz CT molecular complexity index is 1470. The van der Waals surface area contributed by atoms with Crippen LogP contribution in [0.25, 0.3) is 6.08 Å². The summed E-state index contributed by atoms with van der Waals surface area (Å²) in [6.45, 7) is 3.08. The number of β-lactam (4-membered cyclic amide) rings is 1. The van der Waals surface area contributed by atoms with Crippen molar-refractivity contribution < 1.29 is 33.9 Å². The number of oxime groups is 1. The third-order valence-electron chi connectivity index (χ3n) is 5.96. The second-order valence-corrected chi connectivity index (χ2v) is 10.5. The molecule has 0 aliphatic carbocycles. The van der Waals surface area contributed by atoms with Crippen LogP contribution in [0.3, 0.4) is 0 Å². The van der Waals surface area contributed by atoms with Crippen LogP contribution < -0.4 is 11.1 Å². The third-order valence-corrected chi connectivity index (χ3v) is 7.94. The molecule has 15 heteroatoms. The highest BCUT2D eigenvalue weighted by Gasteiger charge is 2.54. The van der Waals surface area contributed by atoms with E-state index in [4.69, 9.17) is 15.2 Å². The number of carbonyl (C=O) groups excluding carboxylic acids is 4. The number of nitrogen functional groups attached to an aromatic ring is 1. The highest BCUT2D eigenvalue weighted by molar-refractivity contribution is 8.00. The molecule has 0 spiro atoms. The van der Waals surface area contributed by atoms with Crippen molar-refractivity contribution in [3.8, 4) is 0 Å². The molecule has 4 rings (SSSR count). The average Bonchev–Trinajstić information content (AvgIpc) is 3.40. The van der Waals surface area contributed by atoms with Gasteiger partial charge in [-0.2, -0.15) is 0 Å².